The van der Waals surface area contributed by atoms with Crippen molar-refractivity contribution >= 4 is 28.6 Å². The standard InChI is InChI=1S/C23H20N2O3/c1-24-18-11-12-19(25(13-14-26)15-7-3-2-4-8-15)21-20(18)22(27)16-9-5-6-10-17(16)23(21)28/h2-12,24,26H,13-14H2,1H3. The molecule has 3 aromatic carbocycles. The van der Waals surface area contributed by atoms with E-state index < -0.39 is 0 Å². The van der Waals surface area contributed by atoms with Crippen molar-refractivity contribution in [3.8, 4) is 0 Å². The summed E-state index contributed by atoms with van der Waals surface area (Å²) in [6, 6.07) is 20.1. The fourth-order valence-corrected chi connectivity index (χ4v) is 3.74. The molecule has 0 amide bonds. The molecule has 5 heteroatoms. The third-order valence-corrected chi connectivity index (χ3v) is 5.01. The van der Waals surface area contributed by atoms with Gasteiger partial charge in [-0.15, -0.1) is 0 Å². The molecule has 0 fully saturated rings. The van der Waals surface area contributed by atoms with Gasteiger partial charge in [-0.3, -0.25) is 9.59 Å². The lowest BCUT2D eigenvalue weighted by atomic mass is 9.82. The van der Waals surface area contributed by atoms with Crippen molar-refractivity contribution in [1.29, 1.82) is 0 Å². The summed E-state index contributed by atoms with van der Waals surface area (Å²) in [6.07, 6.45) is 0. The van der Waals surface area contributed by atoms with E-state index in [1.807, 2.05) is 41.3 Å². The van der Waals surface area contributed by atoms with Crippen molar-refractivity contribution in [1.82, 2.24) is 0 Å². The Hall–Kier alpha value is -3.44. The number of hydrogen-bond donors (Lipinski definition) is 2. The lowest BCUT2D eigenvalue weighted by Crippen LogP contribution is -2.28. The van der Waals surface area contributed by atoms with Gasteiger partial charge in [0.25, 0.3) is 0 Å². The highest BCUT2D eigenvalue weighted by Crippen LogP contribution is 2.39. The van der Waals surface area contributed by atoms with Crippen molar-refractivity contribution in [2.75, 3.05) is 30.4 Å². The third-order valence-electron chi connectivity index (χ3n) is 5.01. The number of carbonyl (C=O) groups is 2. The number of fused-ring (bicyclic) bond motifs is 2. The van der Waals surface area contributed by atoms with E-state index in [1.165, 1.54) is 0 Å². The van der Waals surface area contributed by atoms with Crippen molar-refractivity contribution in [2.24, 2.45) is 0 Å². The molecule has 0 saturated carbocycles. The van der Waals surface area contributed by atoms with Gasteiger partial charge in [-0.05, 0) is 24.3 Å². The smallest absolute Gasteiger partial charge is 0.196 e. The van der Waals surface area contributed by atoms with Gasteiger partial charge in [-0.25, -0.2) is 0 Å². The zero-order chi connectivity index (χ0) is 19.7. The van der Waals surface area contributed by atoms with E-state index in [2.05, 4.69) is 5.32 Å². The summed E-state index contributed by atoms with van der Waals surface area (Å²) in [5.41, 5.74) is 3.64. The molecule has 0 radical (unpaired) electrons. The number of carbonyl (C=O) groups excluding carboxylic acids is 2. The maximum atomic E-state index is 13.4. The summed E-state index contributed by atoms with van der Waals surface area (Å²) in [5, 5.41) is 12.7. The van der Waals surface area contributed by atoms with Crippen LogP contribution in [-0.4, -0.2) is 36.9 Å². The number of aliphatic hydroxyl groups excluding tert-OH is 1. The Morgan fingerprint density at radius 2 is 1.43 bits per heavy atom. The van der Waals surface area contributed by atoms with Crippen molar-refractivity contribution in [3.05, 3.63) is 89.0 Å². The molecule has 0 aromatic heterocycles. The number of rotatable bonds is 5. The summed E-state index contributed by atoms with van der Waals surface area (Å²) in [7, 11) is 1.73. The quantitative estimate of drug-likeness (QED) is 0.560. The summed E-state index contributed by atoms with van der Waals surface area (Å²) < 4.78 is 0. The molecule has 1 aliphatic carbocycles. The highest BCUT2D eigenvalue weighted by Gasteiger charge is 2.34. The fraction of sp³-hybridized carbons (Fsp3) is 0.130. The molecule has 0 aliphatic heterocycles. The van der Waals surface area contributed by atoms with Gasteiger partial charge in [0.2, 0.25) is 0 Å². The first kappa shape index (κ1) is 17.9. The summed E-state index contributed by atoms with van der Waals surface area (Å²) in [5.74, 6) is -0.357. The molecule has 0 bridgehead atoms. The second-order valence-corrected chi connectivity index (χ2v) is 6.55. The van der Waals surface area contributed by atoms with Gasteiger partial charge in [0.1, 0.15) is 0 Å². The van der Waals surface area contributed by atoms with E-state index in [9.17, 15) is 14.7 Å². The van der Waals surface area contributed by atoms with E-state index in [0.29, 0.717) is 40.2 Å². The molecule has 0 spiro atoms. The average molecular weight is 372 g/mol. The first-order valence-corrected chi connectivity index (χ1v) is 9.14. The topological polar surface area (TPSA) is 69.6 Å². The van der Waals surface area contributed by atoms with Crippen LogP contribution in [-0.2, 0) is 0 Å². The van der Waals surface area contributed by atoms with Crippen LogP contribution in [0.15, 0.2) is 66.7 Å². The van der Waals surface area contributed by atoms with Gasteiger partial charge in [0.15, 0.2) is 11.6 Å². The Balaban J connectivity index is 1.98. The molecule has 28 heavy (non-hydrogen) atoms. The van der Waals surface area contributed by atoms with Gasteiger partial charge in [0.05, 0.1) is 23.4 Å². The largest absolute Gasteiger partial charge is 0.395 e. The fourth-order valence-electron chi connectivity index (χ4n) is 3.74. The number of aliphatic hydroxyl groups is 1. The normalized spacial score (nSPS) is 12.4. The van der Waals surface area contributed by atoms with Crippen LogP contribution >= 0.6 is 0 Å². The predicted octanol–water partition coefficient (Wildman–Crippen LogP) is 3.63. The Kier molecular flexibility index (Phi) is 4.67. The van der Waals surface area contributed by atoms with Crippen LogP contribution in [0, 0.1) is 0 Å². The highest BCUT2D eigenvalue weighted by atomic mass is 16.3. The second kappa shape index (κ2) is 7.29. The molecular formula is C23H20N2O3. The van der Waals surface area contributed by atoms with E-state index in [-0.39, 0.29) is 18.2 Å². The molecule has 140 valence electrons. The molecular weight excluding hydrogens is 352 g/mol. The van der Waals surface area contributed by atoms with Gasteiger partial charge in [-0.2, -0.15) is 0 Å². The number of benzene rings is 3. The van der Waals surface area contributed by atoms with Crippen LogP contribution in [0.5, 0.6) is 0 Å². The summed E-state index contributed by atoms with van der Waals surface area (Å²) >= 11 is 0. The Morgan fingerprint density at radius 1 is 0.821 bits per heavy atom. The molecule has 2 N–H and O–H groups in total. The van der Waals surface area contributed by atoms with Crippen molar-refractivity contribution < 1.29 is 14.7 Å². The minimum Gasteiger partial charge on any atom is -0.395 e. The number of ketones is 2. The first-order valence-electron chi connectivity index (χ1n) is 9.14. The van der Waals surface area contributed by atoms with Gasteiger partial charge >= 0.3 is 0 Å². The Morgan fingerprint density at radius 3 is 2.04 bits per heavy atom. The number of hydrogen-bond acceptors (Lipinski definition) is 5. The molecule has 0 unspecified atom stereocenters. The van der Waals surface area contributed by atoms with E-state index >= 15 is 0 Å². The molecule has 1 aliphatic rings. The van der Waals surface area contributed by atoms with Gasteiger partial charge in [-0.1, -0.05) is 42.5 Å². The first-order chi connectivity index (χ1) is 13.7. The second-order valence-electron chi connectivity index (χ2n) is 6.55. The van der Waals surface area contributed by atoms with Crippen molar-refractivity contribution in [2.45, 2.75) is 0 Å². The molecule has 5 nitrogen and oxygen atoms in total. The maximum Gasteiger partial charge on any atom is 0.196 e. The zero-order valence-electron chi connectivity index (χ0n) is 15.5. The van der Waals surface area contributed by atoms with Crippen LogP contribution in [0.3, 0.4) is 0 Å². The molecule has 0 saturated heterocycles. The zero-order valence-corrected chi connectivity index (χ0v) is 15.5. The van der Waals surface area contributed by atoms with Crippen LogP contribution < -0.4 is 10.2 Å². The van der Waals surface area contributed by atoms with E-state index in [0.717, 1.165) is 5.69 Å². The third kappa shape index (κ3) is 2.77. The molecule has 0 atom stereocenters. The number of nitrogens with one attached hydrogen (secondary N) is 1. The summed E-state index contributed by atoms with van der Waals surface area (Å²) in [4.78, 5) is 28.5. The van der Waals surface area contributed by atoms with Crippen LogP contribution in [0.4, 0.5) is 17.1 Å². The highest BCUT2D eigenvalue weighted by molar-refractivity contribution is 6.32. The van der Waals surface area contributed by atoms with Crippen LogP contribution in [0.2, 0.25) is 0 Å². The molecule has 0 heterocycles. The van der Waals surface area contributed by atoms with Crippen LogP contribution in [0.25, 0.3) is 0 Å². The minimum absolute atomic E-state index is 0.0871. The Bertz CT molecular complexity index is 1060. The SMILES string of the molecule is CNc1ccc(N(CCO)c2ccccc2)c2c1C(=O)c1ccccc1C2=O. The molecule has 4 rings (SSSR count). The van der Waals surface area contributed by atoms with E-state index in [4.69, 9.17) is 0 Å². The lowest BCUT2D eigenvalue weighted by molar-refractivity contribution is 0.0980. The monoisotopic (exact) mass is 372 g/mol. The minimum atomic E-state index is -0.184. The van der Waals surface area contributed by atoms with E-state index in [1.54, 1.807) is 37.4 Å². The van der Waals surface area contributed by atoms with Gasteiger partial charge in [0, 0.05) is 36.1 Å². The summed E-state index contributed by atoms with van der Waals surface area (Å²) in [6.45, 7) is 0.217. The predicted molar refractivity (Wildman–Crippen MR) is 110 cm³/mol. The maximum absolute atomic E-state index is 13.4. The lowest BCUT2D eigenvalue weighted by Gasteiger charge is -2.30. The average Bonchev–Trinajstić information content (AvgIpc) is 2.75. The van der Waals surface area contributed by atoms with Crippen molar-refractivity contribution in [3.63, 3.8) is 0 Å². The Labute approximate surface area is 163 Å². The number of anilines is 3. The van der Waals surface area contributed by atoms with Gasteiger partial charge < -0.3 is 15.3 Å². The molecule has 3 aromatic rings. The number of nitrogens with zero attached hydrogens (tertiary/aromatic N) is 1. The number of para-hydroxylation sites is 1. The van der Waals surface area contributed by atoms with Crippen LogP contribution in [0.1, 0.15) is 31.8 Å².